The molecule has 1 atom stereocenters. The molecule has 0 aromatic heterocycles. The monoisotopic (exact) mass is 208 g/mol. The molecular formula is C5H12N4O3S. The average Bonchev–Trinajstić information content (AvgIpc) is 2.03. The van der Waals surface area contributed by atoms with Crippen LogP contribution in [0.15, 0.2) is 0 Å². The van der Waals surface area contributed by atoms with E-state index in [0.717, 1.165) is 4.31 Å². The van der Waals surface area contributed by atoms with Gasteiger partial charge in [0.15, 0.2) is 0 Å². The van der Waals surface area contributed by atoms with E-state index < -0.39 is 16.3 Å². The Morgan fingerprint density at radius 2 is 2.23 bits per heavy atom. The standard InChI is InChI=1S/C5H12N4O3S/c6-5(7)4-3-9(1-2-12-4)13(8,10)11/h4H,1-3H2,(H3,6,7)(H2,8,10,11). The third-order valence-corrected chi connectivity index (χ3v) is 2.79. The molecule has 5 N–H and O–H groups in total. The van der Waals surface area contributed by atoms with Gasteiger partial charge in [0, 0.05) is 13.1 Å². The van der Waals surface area contributed by atoms with Crippen molar-refractivity contribution in [3.63, 3.8) is 0 Å². The minimum absolute atomic E-state index is 0.0220. The van der Waals surface area contributed by atoms with E-state index in [9.17, 15) is 8.42 Å². The van der Waals surface area contributed by atoms with Crippen molar-refractivity contribution in [3.05, 3.63) is 0 Å². The molecule has 0 aliphatic carbocycles. The van der Waals surface area contributed by atoms with Crippen molar-refractivity contribution < 1.29 is 13.2 Å². The van der Waals surface area contributed by atoms with Crippen molar-refractivity contribution in [1.29, 1.82) is 5.41 Å². The van der Waals surface area contributed by atoms with Crippen LogP contribution in [0, 0.1) is 5.41 Å². The predicted molar refractivity (Wildman–Crippen MR) is 46.3 cm³/mol. The van der Waals surface area contributed by atoms with Crippen molar-refractivity contribution in [2.45, 2.75) is 6.10 Å². The molecule has 0 saturated carbocycles. The summed E-state index contributed by atoms with van der Waals surface area (Å²) in [4.78, 5) is 0. The Kier molecular flexibility index (Phi) is 2.86. The Morgan fingerprint density at radius 1 is 1.62 bits per heavy atom. The van der Waals surface area contributed by atoms with E-state index in [1.165, 1.54) is 0 Å². The second-order valence-electron chi connectivity index (χ2n) is 2.72. The summed E-state index contributed by atoms with van der Waals surface area (Å²) in [6.07, 6.45) is -0.674. The van der Waals surface area contributed by atoms with Gasteiger partial charge in [-0.2, -0.15) is 12.7 Å². The Bertz CT molecular complexity index is 301. The normalized spacial score (nSPS) is 25.8. The third kappa shape index (κ3) is 2.62. The Hall–Kier alpha value is -0.700. The Balaban J connectivity index is 2.67. The topological polar surface area (TPSA) is 123 Å². The number of amidine groups is 1. The maximum atomic E-state index is 10.9. The van der Waals surface area contributed by atoms with Crippen molar-refractivity contribution in [1.82, 2.24) is 4.31 Å². The molecule has 0 aromatic rings. The summed E-state index contributed by atoms with van der Waals surface area (Å²) in [7, 11) is -3.69. The van der Waals surface area contributed by atoms with Gasteiger partial charge in [-0.05, 0) is 0 Å². The van der Waals surface area contributed by atoms with Crippen LogP contribution in [0.25, 0.3) is 0 Å². The molecule has 0 bridgehead atoms. The molecule has 0 aromatic carbocycles. The molecule has 1 aliphatic rings. The molecule has 13 heavy (non-hydrogen) atoms. The van der Waals surface area contributed by atoms with Crippen LogP contribution in [0.4, 0.5) is 0 Å². The molecule has 1 unspecified atom stereocenters. The Morgan fingerprint density at radius 3 is 2.69 bits per heavy atom. The number of hydrogen-bond donors (Lipinski definition) is 3. The number of rotatable bonds is 2. The molecule has 1 rings (SSSR count). The molecule has 1 aliphatic heterocycles. The van der Waals surface area contributed by atoms with Gasteiger partial charge >= 0.3 is 0 Å². The largest absolute Gasteiger partial charge is 0.385 e. The number of nitrogens with two attached hydrogens (primary N) is 2. The van der Waals surface area contributed by atoms with Crippen LogP contribution in [0.5, 0.6) is 0 Å². The van der Waals surface area contributed by atoms with E-state index in [1.54, 1.807) is 0 Å². The van der Waals surface area contributed by atoms with Gasteiger partial charge in [0.2, 0.25) is 0 Å². The summed E-state index contributed by atoms with van der Waals surface area (Å²) in [5, 5.41) is 12.0. The quantitative estimate of drug-likeness (QED) is 0.353. The fourth-order valence-corrected chi connectivity index (χ4v) is 1.72. The van der Waals surface area contributed by atoms with Crippen LogP contribution < -0.4 is 10.9 Å². The minimum atomic E-state index is -3.69. The zero-order chi connectivity index (χ0) is 10.1. The summed E-state index contributed by atoms with van der Waals surface area (Å²) >= 11 is 0. The van der Waals surface area contributed by atoms with Crippen molar-refractivity contribution in [2.75, 3.05) is 19.7 Å². The van der Waals surface area contributed by atoms with Crippen molar-refractivity contribution in [2.24, 2.45) is 10.9 Å². The van der Waals surface area contributed by atoms with Gasteiger partial charge in [0.1, 0.15) is 11.9 Å². The van der Waals surface area contributed by atoms with Gasteiger partial charge in [-0.3, -0.25) is 5.41 Å². The van der Waals surface area contributed by atoms with E-state index in [0.29, 0.717) is 0 Å². The Labute approximate surface area is 76.3 Å². The SMILES string of the molecule is N=C(N)C1CN(S(N)(=O)=O)CCO1. The van der Waals surface area contributed by atoms with Gasteiger partial charge in [0.25, 0.3) is 10.2 Å². The first-order valence-corrected chi connectivity index (χ1v) is 5.15. The maximum absolute atomic E-state index is 10.9. The lowest BCUT2D eigenvalue weighted by Crippen LogP contribution is -2.51. The highest BCUT2D eigenvalue weighted by Crippen LogP contribution is 2.06. The molecule has 1 saturated heterocycles. The van der Waals surface area contributed by atoms with E-state index in [2.05, 4.69) is 0 Å². The summed E-state index contributed by atoms with van der Waals surface area (Å²) < 4.78 is 27.9. The lowest BCUT2D eigenvalue weighted by Gasteiger charge is -2.29. The molecule has 0 spiro atoms. The van der Waals surface area contributed by atoms with E-state index in [-0.39, 0.29) is 25.5 Å². The fraction of sp³-hybridized carbons (Fsp3) is 0.800. The molecular weight excluding hydrogens is 196 g/mol. The lowest BCUT2D eigenvalue weighted by atomic mass is 10.3. The number of nitrogens with one attached hydrogen (secondary N) is 1. The molecule has 76 valence electrons. The number of morpholine rings is 1. The lowest BCUT2D eigenvalue weighted by molar-refractivity contribution is 0.0368. The number of nitrogens with zero attached hydrogens (tertiary/aromatic N) is 1. The van der Waals surface area contributed by atoms with Crippen molar-refractivity contribution >= 4 is 16.0 Å². The first-order chi connectivity index (χ1) is 5.91. The highest BCUT2D eigenvalue weighted by atomic mass is 32.2. The molecule has 1 fully saturated rings. The van der Waals surface area contributed by atoms with Gasteiger partial charge in [-0.15, -0.1) is 0 Å². The smallest absolute Gasteiger partial charge is 0.277 e. The summed E-state index contributed by atoms with van der Waals surface area (Å²) in [6.45, 7) is 0.442. The van der Waals surface area contributed by atoms with Crippen LogP contribution in [-0.2, 0) is 14.9 Å². The van der Waals surface area contributed by atoms with Gasteiger partial charge < -0.3 is 10.5 Å². The fourth-order valence-electron chi connectivity index (χ4n) is 1.04. The van der Waals surface area contributed by atoms with Crippen LogP contribution in [0.2, 0.25) is 0 Å². The predicted octanol–water partition coefficient (Wildman–Crippen LogP) is -2.17. The second kappa shape index (κ2) is 3.58. The van der Waals surface area contributed by atoms with Crippen LogP contribution in [0.1, 0.15) is 0 Å². The molecule has 1 heterocycles. The number of ether oxygens (including phenoxy) is 1. The minimum Gasteiger partial charge on any atom is -0.385 e. The van der Waals surface area contributed by atoms with E-state index >= 15 is 0 Å². The third-order valence-electron chi connectivity index (χ3n) is 1.74. The maximum Gasteiger partial charge on any atom is 0.277 e. The molecule has 0 amide bonds. The molecule has 8 heteroatoms. The molecule has 7 nitrogen and oxygen atoms in total. The first kappa shape index (κ1) is 10.4. The van der Waals surface area contributed by atoms with Gasteiger partial charge in [0.05, 0.1) is 6.61 Å². The highest BCUT2D eigenvalue weighted by Gasteiger charge is 2.28. The molecule has 0 radical (unpaired) electrons. The van der Waals surface area contributed by atoms with Crippen LogP contribution in [0.3, 0.4) is 0 Å². The summed E-state index contributed by atoms with van der Waals surface area (Å²) in [6, 6.07) is 0. The second-order valence-corrected chi connectivity index (χ2v) is 4.26. The first-order valence-electron chi connectivity index (χ1n) is 3.64. The van der Waals surface area contributed by atoms with Gasteiger partial charge in [-0.25, -0.2) is 5.14 Å². The van der Waals surface area contributed by atoms with E-state index in [1.807, 2.05) is 0 Å². The summed E-state index contributed by atoms with van der Waals surface area (Å²) in [5.74, 6) is -0.187. The highest BCUT2D eigenvalue weighted by molar-refractivity contribution is 7.86. The van der Waals surface area contributed by atoms with Crippen molar-refractivity contribution in [3.8, 4) is 0 Å². The van der Waals surface area contributed by atoms with Gasteiger partial charge in [-0.1, -0.05) is 0 Å². The average molecular weight is 208 g/mol. The van der Waals surface area contributed by atoms with Crippen LogP contribution >= 0.6 is 0 Å². The summed E-state index contributed by atoms with van der Waals surface area (Å²) in [5.41, 5.74) is 5.17. The number of hydrogen-bond acceptors (Lipinski definition) is 4. The van der Waals surface area contributed by atoms with Crippen LogP contribution in [-0.4, -0.2) is 44.4 Å². The zero-order valence-electron chi connectivity index (χ0n) is 6.93. The van der Waals surface area contributed by atoms with E-state index in [4.69, 9.17) is 21.0 Å². The zero-order valence-corrected chi connectivity index (χ0v) is 7.75.